The van der Waals surface area contributed by atoms with Crippen molar-refractivity contribution in [1.82, 2.24) is 4.31 Å². The highest BCUT2D eigenvalue weighted by Gasteiger charge is 2.25. The molecule has 2 aromatic carbocycles. The molecule has 7 nitrogen and oxygen atoms in total. The summed E-state index contributed by atoms with van der Waals surface area (Å²) in [6.07, 6.45) is 3.58. The van der Waals surface area contributed by atoms with E-state index in [2.05, 4.69) is 10.2 Å². The Morgan fingerprint density at radius 3 is 2.38 bits per heavy atom. The predicted octanol–water partition coefficient (Wildman–Crippen LogP) is 3.86. The Bertz CT molecular complexity index is 1130. The minimum atomic E-state index is -3.69. The first kappa shape index (κ1) is 23.5. The molecule has 0 aliphatic carbocycles. The molecular formula is C24H28N4O3S. The van der Waals surface area contributed by atoms with Crippen LogP contribution in [0.3, 0.4) is 0 Å². The van der Waals surface area contributed by atoms with E-state index in [9.17, 15) is 18.5 Å². The Labute approximate surface area is 190 Å². The van der Waals surface area contributed by atoms with Crippen LogP contribution in [0.15, 0.2) is 59.0 Å². The number of nitriles is 1. The summed E-state index contributed by atoms with van der Waals surface area (Å²) in [6, 6.07) is 15.9. The molecule has 1 aliphatic heterocycles. The molecule has 2 aromatic rings. The molecule has 1 saturated heterocycles. The third kappa shape index (κ3) is 5.18. The number of rotatable bonds is 8. The Hall–Kier alpha value is -3.15. The van der Waals surface area contributed by atoms with E-state index in [1.807, 2.05) is 24.3 Å². The summed E-state index contributed by atoms with van der Waals surface area (Å²) >= 11 is 0. The van der Waals surface area contributed by atoms with Crippen LogP contribution >= 0.6 is 0 Å². The number of sulfonamides is 1. The van der Waals surface area contributed by atoms with Crippen molar-refractivity contribution in [2.45, 2.75) is 31.6 Å². The molecule has 0 spiro atoms. The molecule has 0 atom stereocenters. The SMILES string of the molecule is CCN(CC)S(=O)(=O)c1ccc(N2CCCC2)c(NC(=O)C(C#N)=Cc2ccccc2)c1. The van der Waals surface area contributed by atoms with Crippen molar-refractivity contribution in [1.29, 1.82) is 5.26 Å². The highest BCUT2D eigenvalue weighted by molar-refractivity contribution is 7.89. The molecule has 0 aromatic heterocycles. The molecule has 0 bridgehead atoms. The van der Waals surface area contributed by atoms with Gasteiger partial charge in [0.25, 0.3) is 5.91 Å². The van der Waals surface area contributed by atoms with E-state index < -0.39 is 15.9 Å². The highest BCUT2D eigenvalue weighted by Crippen LogP contribution is 2.32. The number of hydrogen-bond donors (Lipinski definition) is 1. The molecule has 1 N–H and O–H groups in total. The lowest BCUT2D eigenvalue weighted by Gasteiger charge is -2.24. The Morgan fingerprint density at radius 1 is 1.12 bits per heavy atom. The van der Waals surface area contributed by atoms with Gasteiger partial charge in [0.15, 0.2) is 0 Å². The van der Waals surface area contributed by atoms with Crippen LogP contribution in [0.2, 0.25) is 0 Å². The number of carbonyl (C=O) groups excluding carboxylic acids is 1. The zero-order valence-electron chi connectivity index (χ0n) is 18.4. The lowest BCUT2D eigenvalue weighted by atomic mass is 10.1. The third-order valence-electron chi connectivity index (χ3n) is 5.48. The van der Waals surface area contributed by atoms with Crippen LogP contribution < -0.4 is 10.2 Å². The van der Waals surface area contributed by atoms with Crippen LogP contribution in [0.5, 0.6) is 0 Å². The molecular weight excluding hydrogens is 424 g/mol. The molecule has 1 heterocycles. The lowest BCUT2D eigenvalue weighted by Crippen LogP contribution is -2.31. The summed E-state index contributed by atoms with van der Waals surface area (Å²) in [5.74, 6) is -0.575. The van der Waals surface area contributed by atoms with Gasteiger partial charge in [-0.1, -0.05) is 44.2 Å². The number of amides is 1. The number of nitrogens with one attached hydrogen (secondary N) is 1. The largest absolute Gasteiger partial charge is 0.370 e. The van der Waals surface area contributed by atoms with Gasteiger partial charge in [0.05, 0.1) is 16.3 Å². The maximum Gasteiger partial charge on any atom is 0.266 e. The second-order valence-corrected chi connectivity index (χ2v) is 9.43. The first-order valence-electron chi connectivity index (χ1n) is 10.8. The average molecular weight is 453 g/mol. The van der Waals surface area contributed by atoms with Gasteiger partial charge < -0.3 is 10.2 Å². The number of carbonyl (C=O) groups is 1. The standard InChI is InChI=1S/C24H28N4O3S/c1-3-28(4-2)32(30,31)21-12-13-23(27-14-8-9-15-27)22(17-21)26-24(29)20(18-25)16-19-10-6-5-7-11-19/h5-7,10-13,16-17H,3-4,8-9,14-15H2,1-2H3,(H,26,29). The van der Waals surface area contributed by atoms with E-state index >= 15 is 0 Å². The van der Waals surface area contributed by atoms with Crippen molar-refractivity contribution in [3.63, 3.8) is 0 Å². The molecule has 0 saturated carbocycles. The number of hydrogen-bond acceptors (Lipinski definition) is 5. The summed E-state index contributed by atoms with van der Waals surface area (Å²) < 4.78 is 27.4. The van der Waals surface area contributed by atoms with Crippen LogP contribution in [0.25, 0.3) is 6.08 Å². The normalized spacial score (nSPS) is 14.4. The third-order valence-corrected chi connectivity index (χ3v) is 7.53. The molecule has 8 heteroatoms. The number of anilines is 2. The van der Waals surface area contributed by atoms with Gasteiger partial charge in [0.2, 0.25) is 10.0 Å². The highest BCUT2D eigenvalue weighted by atomic mass is 32.2. The molecule has 0 radical (unpaired) electrons. The maximum atomic E-state index is 13.0. The van der Waals surface area contributed by atoms with Crippen molar-refractivity contribution in [2.75, 3.05) is 36.4 Å². The monoisotopic (exact) mass is 452 g/mol. The van der Waals surface area contributed by atoms with Crippen molar-refractivity contribution >= 4 is 33.4 Å². The molecule has 168 valence electrons. The van der Waals surface area contributed by atoms with Gasteiger partial charge in [0.1, 0.15) is 11.6 Å². The van der Waals surface area contributed by atoms with Crippen LogP contribution in [-0.4, -0.2) is 44.8 Å². The summed E-state index contributed by atoms with van der Waals surface area (Å²) in [6.45, 7) is 5.94. The molecule has 32 heavy (non-hydrogen) atoms. The Morgan fingerprint density at radius 2 is 1.78 bits per heavy atom. The van der Waals surface area contributed by atoms with E-state index in [1.165, 1.54) is 16.4 Å². The minimum Gasteiger partial charge on any atom is -0.370 e. The van der Waals surface area contributed by atoms with Gasteiger partial charge in [-0.05, 0) is 42.7 Å². The van der Waals surface area contributed by atoms with E-state index in [0.717, 1.165) is 37.2 Å². The van der Waals surface area contributed by atoms with Crippen molar-refractivity contribution in [3.05, 3.63) is 59.7 Å². The van der Waals surface area contributed by atoms with Gasteiger partial charge in [-0.15, -0.1) is 0 Å². The second-order valence-electron chi connectivity index (χ2n) is 7.50. The fourth-order valence-electron chi connectivity index (χ4n) is 3.78. The number of benzene rings is 2. The van der Waals surface area contributed by atoms with Crippen molar-refractivity contribution in [3.8, 4) is 6.07 Å². The topological polar surface area (TPSA) is 93.5 Å². The average Bonchev–Trinajstić information content (AvgIpc) is 3.33. The van der Waals surface area contributed by atoms with Crippen LogP contribution in [0.1, 0.15) is 32.3 Å². The summed E-state index contributed by atoms with van der Waals surface area (Å²) in [5.41, 5.74) is 1.82. The first-order chi connectivity index (χ1) is 15.4. The fourth-order valence-corrected chi connectivity index (χ4v) is 5.26. The zero-order chi connectivity index (χ0) is 23.1. The Balaban J connectivity index is 1.99. The van der Waals surface area contributed by atoms with E-state index in [4.69, 9.17) is 0 Å². The summed E-state index contributed by atoms with van der Waals surface area (Å²) in [5, 5.41) is 12.3. The van der Waals surface area contributed by atoms with Crippen molar-refractivity contribution in [2.24, 2.45) is 0 Å². The maximum absolute atomic E-state index is 13.0. The van der Waals surface area contributed by atoms with Gasteiger partial charge in [-0.3, -0.25) is 4.79 Å². The van der Waals surface area contributed by atoms with Crippen LogP contribution in [0.4, 0.5) is 11.4 Å². The summed E-state index contributed by atoms with van der Waals surface area (Å²) in [4.78, 5) is 15.2. The minimum absolute atomic E-state index is 0.0550. The lowest BCUT2D eigenvalue weighted by molar-refractivity contribution is -0.112. The van der Waals surface area contributed by atoms with Gasteiger partial charge in [-0.2, -0.15) is 9.57 Å². The Kier molecular flexibility index (Phi) is 7.67. The second kappa shape index (κ2) is 10.4. The van der Waals surface area contributed by atoms with Gasteiger partial charge in [-0.25, -0.2) is 8.42 Å². The smallest absolute Gasteiger partial charge is 0.266 e. The van der Waals surface area contributed by atoms with E-state index in [-0.39, 0.29) is 10.5 Å². The first-order valence-corrected chi connectivity index (χ1v) is 12.2. The fraction of sp³-hybridized carbons (Fsp3) is 0.333. The van der Waals surface area contributed by atoms with Gasteiger partial charge >= 0.3 is 0 Å². The molecule has 3 rings (SSSR count). The molecule has 1 fully saturated rings. The van der Waals surface area contributed by atoms with E-state index in [0.29, 0.717) is 18.8 Å². The van der Waals surface area contributed by atoms with Crippen molar-refractivity contribution < 1.29 is 13.2 Å². The van der Waals surface area contributed by atoms with Crippen LogP contribution in [-0.2, 0) is 14.8 Å². The van der Waals surface area contributed by atoms with Crippen LogP contribution in [0, 0.1) is 11.3 Å². The predicted molar refractivity (Wildman–Crippen MR) is 127 cm³/mol. The zero-order valence-corrected chi connectivity index (χ0v) is 19.2. The quantitative estimate of drug-likeness (QED) is 0.485. The molecule has 0 unspecified atom stereocenters. The van der Waals surface area contributed by atoms with E-state index in [1.54, 1.807) is 38.1 Å². The summed E-state index contributed by atoms with van der Waals surface area (Å²) in [7, 11) is -3.69. The molecule has 1 aliphatic rings. The number of nitrogens with zero attached hydrogens (tertiary/aromatic N) is 3. The molecule has 1 amide bonds. The van der Waals surface area contributed by atoms with Gasteiger partial charge in [0, 0.05) is 26.2 Å².